The van der Waals surface area contributed by atoms with Crippen LogP contribution in [0.5, 0.6) is 0 Å². The van der Waals surface area contributed by atoms with Crippen LogP contribution in [0.1, 0.15) is 24.8 Å². The first-order valence-electron chi connectivity index (χ1n) is 6.77. The number of likely N-dealkylation sites (N-methyl/N-ethyl adjacent to an activating group) is 1. The van der Waals surface area contributed by atoms with Gasteiger partial charge < -0.3 is 5.32 Å². The topological polar surface area (TPSA) is 46.2 Å². The molecule has 0 spiro atoms. The molecule has 0 aliphatic carbocycles. The third-order valence-electron chi connectivity index (χ3n) is 3.90. The number of nitrogens with one attached hydrogen (secondary N) is 1. The number of hydrogen-bond donors (Lipinski definition) is 1. The fraction of sp³-hybridized carbons (Fsp3) is 0.571. The molecule has 0 aromatic heterocycles. The van der Waals surface area contributed by atoms with Gasteiger partial charge in [0.25, 0.3) is 0 Å². The van der Waals surface area contributed by atoms with Crippen molar-refractivity contribution in [2.24, 2.45) is 0 Å². The van der Waals surface area contributed by atoms with Crippen molar-refractivity contribution in [3.8, 4) is 0 Å². The molecule has 0 amide bonds. The van der Waals surface area contributed by atoms with Gasteiger partial charge in [-0.05, 0) is 50.1 Å². The Morgan fingerprint density at radius 1 is 1.35 bits per heavy atom. The molecule has 6 heteroatoms. The van der Waals surface area contributed by atoms with Crippen molar-refractivity contribution in [2.45, 2.75) is 37.0 Å². The molecule has 2 atom stereocenters. The summed E-state index contributed by atoms with van der Waals surface area (Å²) >= 11 is 12.2. The van der Waals surface area contributed by atoms with Gasteiger partial charge in [0.05, 0.1) is 11.0 Å². The summed E-state index contributed by atoms with van der Waals surface area (Å²) in [6.07, 6.45) is 3.02. The van der Waals surface area contributed by atoms with Crippen molar-refractivity contribution in [1.82, 2.24) is 5.32 Å². The van der Waals surface area contributed by atoms with E-state index in [1.165, 1.54) is 0 Å². The van der Waals surface area contributed by atoms with Crippen molar-refractivity contribution in [3.63, 3.8) is 0 Å². The van der Waals surface area contributed by atoms with Gasteiger partial charge in [0.1, 0.15) is 0 Å². The largest absolute Gasteiger partial charge is 0.315 e. The Bertz CT molecular complexity index is 575. The Kier molecular flexibility index (Phi) is 5.35. The van der Waals surface area contributed by atoms with E-state index >= 15 is 0 Å². The molecule has 3 nitrogen and oxygen atoms in total. The summed E-state index contributed by atoms with van der Waals surface area (Å²) < 4.78 is 24.5. The summed E-state index contributed by atoms with van der Waals surface area (Å²) in [5.41, 5.74) is 0.888. The smallest absolute Gasteiger partial charge is 0.154 e. The molecule has 1 heterocycles. The Balaban J connectivity index is 2.22. The second-order valence-corrected chi connectivity index (χ2v) is 8.42. The van der Waals surface area contributed by atoms with Crippen LogP contribution in [0.2, 0.25) is 10.0 Å². The summed E-state index contributed by atoms with van der Waals surface area (Å²) in [7, 11) is -1.22. The molecule has 0 bridgehead atoms. The molecule has 20 heavy (non-hydrogen) atoms. The maximum atomic E-state index is 12.2. The van der Waals surface area contributed by atoms with Crippen molar-refractivity contribution in [1.29, 1.82) is 0 Å². The first kappa shape index (κ1) is 16.1. The lowest BCUT2D eigenvalue weighted by Gasteiger charge is -2.30. The van der Waals surface area contributed by atoms with E-state index in [-0.39, 0.29) is 11.3 Å². The van der Waals surface area contributed by atoms with Gasteiger partial charge in [-0.25, -0.2) is 8.42 Å². The number of rotatable bonds is 4. The minimum absolute atomic E-state index is 0.128. The molecule has 0 radical (unpaired) electrons. The molecule has 1 aromatic rings. The molecule has 0 saturated carbocycles. The Labute approximate surface area is 130 Å². The van der Waals surface area contributed by atoms with Crippen LogP contribution in [0.3, 0.4) is 0 Å². The molecule has 1 fully saturated rings. The van der Waals surface area contributed by atoms with Crippen molar-refractivity contribution >= 4 is 33.0 Å². The third kappa shape index (κ3) is 3.67. The SMILES string of the molecule is CNC(Cc1cc(Cl)ccc1Cl)C1CCCCS1(=O)=O. The molecule has 112 valence electrons. The molecule has 2 rings (SSSR count). The van der Waals surface area contributed by atoms with Gasteiger partial charge in [0, 0.05) is 16.1 Å². The number of benzene rings is 1. The van der Waals surface area contributed by atoms with Gasteiger partial charge in [0.2, 0.25) is 0 Å². The molecule has 1 N–H and O–H groups in total. The average Bonchev–Trinajstić information content (AvgIpc) is 2.40. The van der Waals surface area contributed by atoms with E-state index in [1.54, 1.807) is 19.2 Å². The molecule has 1 aliphatic heterocycles. The lowest BCUT2D eigenvalue weighted by Crippen LogP contribution is -2.46. The number of sulfone groups is 1. The van der Waals surface area contributed by atoms with Gasteiger partial charge in [0.15, 0.2) is 9.84 Å². The van der Waals surface area contributed by atoms with Gasteiger partial charge in [-0.2, -0.15) is 0 Å². The van der Waals surface area contributed by atoms with Crippen molar-refractivity contribution in [3.05, 3.63) is 33.8 Å². The second-order valence-electron chi connectivity index (χ2n) is 5.24. The molecule has 1 aliphatic rings. The van der Waals surface area contributed by atoms with Crippen LogP contribution in [0, 0.1) is 0 Å². The van der Waals surface area contributed by atoms with Crippen LogP contribution in [-0.4, -0.2) is 32.5 Å². The zero-order valence-electron chi connectivity index (χ0n) is 11.4. The zero-order valence-corrected chi connectivity index (χ0v) is 13.7. The van der Waals surface area contributed by atoms with Gasteiger partial charge in [-0.15, -0.1) is 0 Å². The van der Waals surface area contributed by atoms with E-state index in [0.717, 1.165) is 18.4 Å². The highest BCUT2D eigenvalue weighted by Gasteiger charge is 2.35. The van der Waals surface area contributed by atoms with Gasteiger partial charge in [-0.1, -0.05) is 29.6 Å². The Morgan fingerprint density at radius 2 is 2.10 bits per heavy atom. The minimum Gasteiger partial charge on any atom is -0.315 e. The third-order valence-corrected chi connectivity index (χ3v) is 6.84. The van der Waals surface area contributed by atoms with E-state index in [9.17, 15) is 8.42 Å². The van der Waals surface area contributed by atoms with E-state index in [4.69, 9.17) is 23.2 Å². The summed E-state index contributed by atoms with van der Waals surface area (Å²) in [6, 6.07) is 5.17. The second kappa shape index (κ2) is 6.65. The average molecular weight is 336 g/mol. The quantitative estimate of drug-likeness (QED) is 0.919. The Morgan fingerprint density at radius 3 is 2.75 bits per heavy atom. The molecule has 1 saturated heterocycles. The van der Waals surface area contributed by atoms with Gasteiger partial charge >= 0.3 is 0 Å². The van der Waals surface area contributed by atoms with Crippen LogP contribution < -0.4 is 5.32 Å². The normalized spacial score (nSPS) is 23.4. The molecular formula is C14H19Cl2NO2S. The molecule has 1 aromatic carbocycles. The lowest BCUT2D eigenvalue weighted by molar-refractivity contribution is 0.456. The van der Waals surface area contributed by atoms with Crippen LogP contribution in [-0.2, 0) is 16.3 Å². The Hall–Kier alpha value is -0.290. The predicted octanol–water partition coefficient (Wildman–Crippen LogP) is 3.09. The summed E-state index contributed by atoms with van der Waals surface area (Å²) in [5.74, 6) is 0.291. The summed E-state index contributed by atoms with van der Waals surface area (Å²) in [4.78, 5) is 0. The highest BCUT2D eigenvalue weighted by molar-refractivity contribution is 7.92. The van der Waals surface area contributed by atoms with Gasteiger partial charge in [-0.3, -0.25) is 0 Å². The van der Waals surface area contributed by atoms with E-state index < -0.39 is 9.84 Å². The van der Waals surface area contributed by atoms with E-state index in [0.29, 0.717) is 28.6 Å². The maximum absolute atomic E-state index is 12.2. The minimum atomic E-state index is -3.02. The number of hydrogen-bond acceptors (Lipinski definition) is 3. The molecule has 2 unspecified atom stereocenters. The maximum Gasteiger partial charge on any atom is 0.154 e. The van der Waals surface area contributed by atoms with Crippen LogP contribution in [0.4, 0.5) is 0 Å². The first-order valence-corrected chi connectivity index (χ1v) is 9.24. The van der Waals surface area contributed by atoms with Crippen molar-refractivity contribution in [2.75, 3.05) is 12.8 Å². The highest BCUT2D eigenvalue weighted by atomic mass is 35.5. The van der Waals surface area contributed by atoms with Crippen LogP contribution in [0.15, 0.2) is 18.2 Å². The summed E-state index contributed by atoms with van der Waals surface area (Å²) in [6.45, 7) is 0. The van der Waals surface area contributed by atoms with Crippen LogP contribution in [0.25, 0.3) is 0 Å². The first-order chi connectivity index (χ1) is 9.44. The number of halogens is 2. The zero-order chi connectivity index (χ0) is 14.8. The lowest BCUT2D eigenvalue weighted by atomic mass is 9.99. The predicted molar refractivity (Wildman–Crippen MR) is 84.4 cm³/mol. The highest BCUT2D eigenvalue weighted by Crippen LogP contribution is 2.27. The standard InChI is InChI=1S/C14H19Cl2NO2S/c1-17-13(14-4-2-3-7-20(14,18)19)9-10-8-11(15)5-6-12(10)16/h5-6,8,13-14,17H,2-4,7,9H2,1H3. The van der Waals surface area contributed by atoms with Crippen LogP contribution >= 0.6 is 23.2 Å². The monoisotopic (exact) mass is 335 g/mol. The fourth-order valence-corrected chi connectivity index (χ4v) is 5.34. The molecular weight excluding hydrogens is 317 g/mol. The van der Waals surface area contributed by atoms with E-state index in [1.807, 2.05) is 6.07 Å². The van der Waals surface area contributed by atoms with E-state index in [2.05, 4.69) is 5.32 Å². The van der Waals surface area contributed by atoms with Crippen molar-refractivity contribution < 1.29 is 8.42 Å². The fourth-order valence-electron chi connectivity index (χ4n) is 2.79. The summed E-state index contributed by atoms with van der Waals surface area (Å²) in [5, 5.41) is 4.05.